The molecule has 166 valence electrons. The molecule has 2 amide bonds. The molecule has 0 bridgehead atoms. The maximum absolute atomic E-state index is 12.3. The van der Waals surface area contributed by atoms with Crippen molar-refractivity contribution in [2.45, 2.75) is 18.9 Å². The molecular formula is C23H28ClN3O4. The summed E-state index contributed by atoms with van der Waals surface area (Å²) in [4.78, 5) is 28.3. The highest BCUT2D eigenvalue weighted by Gasteiger charge is 2.23. The monoisotopic (exact) mass is 445 g/mol. The van der Waals surface area contributed by atoms with Gasteiger partial charge in [0.15, 0.2) is 0 Å². The lowest BCUT2D eigenvalue weighted by molar-refractivity contribution is -0.127. The zero-order chi connectivity index (χ0) is 22.2. The summed E-state index contributed by atoms with van der Waals surface area (Å²) in [7, 11) is 3.90. The molecular weight excluding hydrogens is 418 g/mol. The quantitative estimate of drug-likeness (QED) is 0.631. The SMILES string of the molecule is CN(C)CCNC(=O)c1ccc(OC2CCN(C(=O)/C=C/c3ccco3)CC2)c(Cl)c1. The van der Waals surface area contributed by atoms with Crippen LogP contribution in [0.4, 0.5) is 0 Å². The summed E-state index contributed by atoms with van der Waals surface area (Å²) in [5, 5.41) is 3.27. The van der Waals surface area contributed by atoms with Gasteiger partial charge in [-0.25, -0.2) is 0 Å². The van der Waals surface area contributed by atoms with Crippen molar-refractivity contribution in [3.63, 3.8) is 0 Å². The highest BCUT2D eigenvalue weighted by molar-refractivity contribution is 6.32. The largest absolute Gasteiger partial charge is 0.489 e. The highest BCUT2D eigenvalue weighted by atomic mass is 35.5. The number of hydrogen-bond donors (Lipinski definition) is 1. The topological polar surface area (TPSA) is 75.0 Å². The number of nitrogens with one attached hydrogen (secondary N) is 1. The van der Waals surface area contributed by atoms with Gasteiger partial charge in [0.25, 0.3) is 5.91 Å². The van der Waals surface area contributed by atoms with Crippen LogP contribution in [0.1, 0.15) is 29.0 Å². The molecule has 1 aliphatic rings. The molecule has 0 atom stereocenters. The van der Waals surface area contributed by atoms with Crippen LogP contribution in [-0.2, 0) is 4.79 Å². The molecule has 0 saturated carbocycles. The Balaban J connectivity index is 1.47. The van der Waals surface area contributed by atoms with Gasteiger partial charge >= 0.3 is 0 Å². The van der Waals surface area contributed by atoms with Crippen molar-refractivity contribution in [1.82, 2.24) is 15.1 Å². The number of ether oxygens (including phenoxy) is 1. The van der Waals surface area contributed by atoms with Gasteiger partial charge in [0.1, 0.15) is 17.6 Å². The van der Waals surface area contributed by atoms with Gasteiger partial charge in [0.05, 0.1) is 11.3 Å². The summed E-state index contributed by atoms with van der Waals surface area (Å²) in [6.45, 7) is 2.54. The molecule has 31 heavy (non-hydrogen) atoms. The number of amides is 2. The van der Waals surface area contributed by atoms with Gasteiger partial charge in [-0.3, -0.25) is 9.59 Å². The predicted molar refractivity (Wildman–Crippen MR) is 120 cm³/mol. The molecule has 1 fully saturated rings. The van der Waals surface area contributed by atoms with Gasteiger partial charge in [-0.1, -0.05) is 11.6 Å². The number of carbonyl (C=O) groups excluding carboxylic acids is 2. The van der Waals surface area contributed by atoms with Crippen molar-refractivity contribution < 1.29 is 18.7 Å². The minimum Gasteiger partial charge on any atom is -0.489 e. The van der Waals surface area contributed by atoms with Crippen LogP contribution in [0, 0.1) is 0 Å². The van der Waals surface area contributed by atoms with Crippen LogP contribution in [0.25, 0.3) is 6.08 Å². The summed E-state index contributed by atoms with van der Waals surface area (Å²) >= 11 is 6.35. The van der Waals surface area contributed by atoms with E-state index in [1.807, 2.05) is 19.0 Å². The fourth-order valence-electron chi connectivity index (χ4n) is 3.25. The van der Waals surface area contributed by atoms with Crippen LogP contribution in [0.3, 0.4) is 0 Å². The number of benzene rings is 1. The Labute approximate surface area is 187 Å². The summed E-state index contributed by atoms with van der Waals surface area (Å²) < 4.78 is 11.2. The molecule has 3 rings (SSSR count). The van der Waals surface area contributed by atoms with Crippen molar-refractivity contribution in [2.24, 2.45) is 0 Å². The minimum absolute atomic E-state index is 0.0321. The number of piperidine rings is 1. The molecule has 1 N–H and O–H groups in total. The standard InChI is InChI=1S/C23H28ClN3O4/c1-26(2)14-11-25-23(29)17-5-7-21(20(24)16-17)31-19-9-12-27(13-10-19)22(28)8-6-18-4-3-15-30-18/h3-8,15-16,19H,9-14H2,1-2H3,(H,25,29)/b8-6+. The Morgan fingerprint density at radius 2 is 2.06 bits per heavy atom. The first-order valence-electron chi connectivity index (χ1n) is 10.3. The molecule has 1 aromatic carbocycles. The number of rotatable bonds is 8. The molecule has 0 unspecified atom stereocenters. The molecule has 0 spiro atoms. The van der Waals surface area contributed by atoms with Gasteiger partial charge < -0.3 is 24.3 Å². The first-order chi connectivity index (χ1) is 14.9. The number of hydrogen-bond acceptors (Lipinski definition) is 5. The van der Waals surface area contributed by atoms with E-state index in [0.29, 0.717) is 54.6 Å². The number of carbonyl (C=O) groups is 2. The van der Waals surface area contributed by atoms with E-state index in [-0.39, 0.29) is 17.9 Å². The lowest BCUT2D eigenvalue weighted by Crippen LogP contribution is -2.41. The van der Waals surface area contributed by atoms with Gasteiger partial charge in [0, 0.05) is 50.7 Å². The van der Waals surface area contributed by atoms with Crippen LogP contribution in [0.2, 0.25) is 5.02 Å². The fraction of sp³-hybridized carbons (Fsp3) is 0.391. The maximum atomic E-state index is 12.3. The van der Waals surface area contributed by atoms with Gasteiger partial charge in [-0.05, 0) is 50.5 Å². The van der Waals surface area contributed by atoms with E-state index < -0.39 is 0 Å². The third-order valence-electron chi connectivity index (χ3n) is 5.02. The Morgan fingerprint density at radius 1 is 1.29 bits per heavy atom. The third kappa shape index (κ3) is 6.87. The first kappa shape index (κ1) is 22.9. The van der Waals surface area contributed by atoms with E-state index in [9.17, 15) is 9.59 Å². The van der Waals surface area contributed by atoms with Crippen LogP contribution in [0.15, 0.2) is 47.1 Å². The minimum atomic E-state index is -0.162. The van der Waals surface area contributed by atoms with Crippen molar-refractivity contribution in [1.29, 1.82) is 0 Å². The fourth-order valence-corrected chi connectivity index (χ4v) is 3.48. The zero-order valence-electron chi connectivity index (χ0n) is 17.8. The van der Waals surface area contributed by atoms with Crippen LogP contribution in [0.5, 0.6) is 5.75 Å². The van der Waals surface area contributed by atoms with Crippen molar-refractivity contribution >= 4 is 29.5 Å². The van der Waals surface area contributed by atoms with Crippen molar-refractivity contribution in [3.05, 3.63) is 59.0 Å². The average molecular weight is 446 g/mol. The van der Waals surface area contributed by atoms with Gasteiger partial charge in [-0.15, -0.1) is 0 Å². The average Bonchev–Trinajstić information content (AvgIpc) is 3.27. The molecule has 1 saturated heterocycles. The zero-order valence-corrected chi connectivity index (χ0v) is 18.6. The lowest BCUT2D eigenvalue weighted by atomic mass is 10.1. The van der Waals surface area contributed by atoms with Crippen LogP contribution in [-0.4, -0.2) is 68.0 Å². The molecule has 0 radical (unpaired) electrons. The Hall–Kier alpha value is -2.77. The van der Waals surface area contributed by atoms with Gasteiger partial charge in [-0.2, -0.15) is 0 Å². The number of likely N-dealkylation sites (tertiary alicyclic amines) is 1. The molecule has 7 nitrogen and oxygen atoms in total. The summed E-state index contributed by atoms with van der Waals surface area (Å²) in [6.07, 6.45) is 6.16. The summed E-state index contributed by atoms with van der Waals surface area (Å²) in [5.74, 6) is 0.993. The van der Waals surface area contributed by atoms with E-state index >= 15 is 0 Å². The van der Waals surface area contributed by atoms with E-state index in [2.05, 4.69) is 5.32 Å². The first-order valence-corrected chi connectivity index (χ1v) is 10.7. The van der Waals surface area contributed by atoms with E-state index in [4.69, 9.17) is 20.8 Å². The molecule has 2 heterocycles. The van der Waals surface area contributed by atoms with Crippen molar-refractivity contribution in [2.75, 3.05) is 40.3 Å². The second-order valence-electron chi connectivity index (χ2n) is 7.70. The number of likely N-dealkylation sites (N-methyl/N-ethyl adjacent to an activating group) is 1. The third-order valence-corrected chi connectivity index (χ3v) is 5.31. The normalized spacial score (nSPS) is 14.9. The van der Waals surface area contributed by atoms with E-state index in [1.165, 1.54) is 6.08 Å². The molecule has 1 aliphatic heterocycles. The van der Waals surface area contributed by atoms with E-state index in [0.717, 1.165) is 6.54 Å². The van der Waals surface area contributed by atoms with Crippen LogP contribution < -0.4 is 10.1 Å². The smallest absolute Gasteiger partial charge is 0.251 e. The van der Waals surface area contributed by atoms with Crippen LogP contribution >= 0.6 is 11.6 Å². The number of nitrogens with zero attached hydrogens (tertiary/aromatic N) is 2. The predicted octanol–water partition coefficient (Wildman–Crippen LogP) is 3.31. The Bertz CT molecular complexity index is 904. The number of halogens is 1. The highest BCUT2D eigenvalue weighted by Crippen LogP contribution is 2.28. The Morgan fingerprint density at radius 3 is 2.71 bits per heavy atom. The summed E-state index contributed by atoms with van der Waals surface area (Å²) in [6, 6.07) is 8.64. The van der Waals surface area contributed by atoms with Gasteiger partial charge in [0.2, 0.25) is 5.91 Å². The summed E-state index contributed by atoms with van der Waals surface area (Å²) in [5.41, 5.74) is 0.500. The second-order valence-corrected chi connectivity index (χ2v) is 8.10. The maximum Gasteiger partial charge on any atom is 0.251 e. The van der Waals surface area contributed by atoms with E-state index in [1.54, 1.807) is 47.6 Å². The molecule has 2 aromatic rings. The number of furan rings is 1. The lowest BCUT2D eigenvalue weighted by Gasteiger charge is -2.31. The molecule has 1 aromatic heterocycles. The second kappa shape index (κ2) is 11.0. The molecule has 8 heteroatoms. The molecule has 0 aliphatic carbocycles. The Kier molecular flexibility index (Phi) is 8.14. The van der Waals surface area contributed by atoms with Crippen molar-refractivity contribution in [3.8, 4) is 5.75 Å².